The number of para-hydroxylation sites is 1. The third-order valence-corrected chi connectivity index (χ3v) is 3.82. The number of aryl methyl sites for hydroxylation is 1. The fraction of sp³-hybridized carbons (Fsp3) is 0.471. The average Bonchev–Trinajstić information content (AvgIpc) is 2.93. The Morgan fingerprint density at radius 3 is 2.95 bits per heavy atom. The molecular weight excluding hydrogens is 278 g/mol. The summed E-state index contributed by atoms with van der Waals surface area (Å²) >= 11 is 0. The smallest absolute Gasteiger partial charge is 0.314 e. The van der Waals surface area contributed by atoms with Gasteiger partial charge in [0.25, 0.3) is 0 Å². The molecule has 0 aliphatic carbocycles. The Hall–Kier alpha value is -2.01. The number of urea groups is 1. The van der Waals surface area contributed by atoms with Crippen molar-refractivity contribution in [3.05, 3.63) is 36.0 Å². The fourth-order valence-corrected chi connectivity index (χ4v) is 2.47. The van der Waals surface area contributed by atoms with Crippen LogP contribution in [0.3, 0.4) is 0 Å². The van der Waals surface area contributed by atoms with Gasteiger partial charge < -0.3 is 20.7 Å². The number of rotatable bonds is 8. The van der Waals surface area contributed by atoms with Gasteiger partial charge in [0.05, 0.1) is 0 Å². The van der Waals surface area contributed by atoms with Gasteiger partial charge >= 0.3 is 6.03 Å². The summed E-state index contributed by atoms with van der Waals surface area (Å²) in [5.74, 6) is 0.293. The van der Waals surface area contributed by atoms with E-state index in [1.54, 1.807) is 0 Å². The highest BCUT2D eigenvalue weighted by Gasteiger charge is 2.05. The predicted octanol–water partition coefficient (Wildman–Crippen LogP) is 2.42. The molecule has 1 atom stereocenters. The van der Waals surface area contributed by atoms with Crippen LogP contribution in [0.4, 0.5) is 4.79 Å². The minimum atomic E-state index is -0.135. The Labute approximate surface area is 131 Å². The molecule has 22 heavy (non-hydrogen) atoms. The number of aliphatic hydroxyl groups excluding tert-OH is 1. The molecule has 2 aromatic rings. The van der Waals surface area contributed by atoms with Crippen LogP contribution in [0, 0.1) is 5.92 Å². The average molecular weight is 303 g/mol. The molecule has 1 aromatic heterocycles. The lowest BCUT2D eigenvalue weighted by Crippen LogP contribution is -2.38. The number of carbonyl (C=O) groups excluding carboxylic acids is 1. The number of hydrogen-bond donors (Lipinski definition) is 4. The molecule has 0 saturated carbocycles. The van der Waals surface area contributed by atoms with E-state index in [0.29, 0.717) is 25.4 Å². The molecule has 0 aliphatic rings. The molecule has 1 aromatic carbocycles. The standard InChI is InChI=1S/C17H25N3O2/c1-13(8-10-21)11-20-17(22)18-9-4-5-14-12-19-16-7-3-2-6-15(14)16/h2-3,6-7,12-13,19,21H,4-5,8-11H2,1H3,(H2,18,20,22). The highest BCUT2D eigenvalue weighted by atomic mass is 16.3. The summed E-state index contributed by atoms with van der Waals surface area (Å²) in [6.07, 6.45) is 4.59. The van der Waals surface area contributed by atoms with Gasteiger partial charge in [-0.15, -0.1) is 0 Å². The van der Waals surface area contributed by atoms with Gasteiger partial charge in [-0.1, -0.05) is 25.1 Å². The van der Waals surface area contributed by atoms with Crippen LogP contribution in [0.5, 0.6) is 0 Å². The van der Waals surface area contributed by atoms with E-state index in [9.17, 15) is 4.79 Å². The lowest BCUT2D eigenvalue weighted by molar-refractivity contribution is 0.234. The zero-order valence-electron chi connectivity index (χ0n) is 13.1. The second-order valence-electron chi connectivity index (χ2n) is 5.72. The summed E-state index contributed by atoms with van der Waals surface area (Å²) in [4.78, 5) is 14.9. The fourth-order valence-electron chi connectivity index (χ4n) is 2.47. The first-order valence-corrected chi connectivity index (χ1v) is 7.88. The van der Waals surface area contributed by atoms with E-state index in [1.165, 1.54) is 10.9 Å². The van der Waals surface area contributed by atoms with Gasteiger partial charge in [0.1, 0.15) is 0 Å². The lowest BCUT2D eigenvalue weighted by atomic mass is 10.1. The van der Waals surface area contributed by atoms with Crippen molar-refractivity contribution in [3.8, 4) is 0 Å². The summed E-state index contributed by atoms with van der Waals surface area (Å²) in [6.45, 7) is 3.41. The van der Waals surface area contributed by atoms with E-state index in [1.807, 2.05) is 25.3 Å². The van der Waals surface area contributed by atoms with Crippen molar-refractivity contribution in [1.29, 1.82) is 0 Å². The minimum absolute atomic E-state index is 0.135. The SMILES string of the molecule is CC(CCO)CNC(=O)NCCCc1c[nH]c2ccccc12. The Balaban J connectivity index is 1.66. The van der Waals surface area contributed by atoms with E-state index >= 15 is 0 Å². The molecule has 5 nitrogen and oxygen atoms in total. The first kappa shape index (κ1) is 16.4. The Morgan fingerprint density at radius 1 is 1.32 bits per heavy atom. The van der Waals surface area contributed by atoms with E-state index in [2.05, 4.69) is 27.8 Å². The second-order valence-corrected chi connectivity index (χ2v) is 5.72. The molecule has 1 heterocycles. The molecule has 0 radical (unpaired) electrons. The van der Waals surface area contributed by atoms with Crippen molar-refractivity contribution in [2.75, 3.05) is 19.7 Å². The number of carbonyl (C=O) groups is 1. The Morgan fingerprint density at radius 2 is 2.14 bits per heavy atom. The van der Waals surface area contributed by atoms with Crippen LogP contribution < -0.4 is 10.6 Å². The summed E-state index contributed by atoms with van der Waals surface area (Å²) < 4.78 is 0. The van der Waals surface area contributed by atoms with Crippen molar-refractivity contribution in [3.63, 3.8) is 0 Å². The number of fused-ring (bicyclic) bond motifs is 1. The van der Waals surface area contributed by atoms with Crippen molar-refractivity contribution < 1.29 is 9.90 Å². The largest absolute Gasteiger partial charge is 0.396 e. The van der Waals surface area contributed by atoms with E-state index < -0.39 is 0 Å². The molecule has 0 bridgehead atoms. The number of amides is 2. The van der Waals surface area contributed by atoms with Crippen LogP contribution in [0.25, 0.3) is 10.9 Å². The molecular formula is C17H25N3O2. The minimum Gasteiger partial charge on any atom is -0.396 e. The van der Waals surface area contributed by atoms with Crippen LogP contribution in [0.15, 0.2) is 30.5 Å². The lowest BCUT2D eigenvalue weighted by Gasteiger charge is -2.12. The van der Waals surface area contributed by atoms with E-state index in [0.717, 1.165) is 18.4 Å². The molecule has 4 N–H and O–H groups in total. The van der Waals surface area contributed by atoms with Gasteiger partial charge in [-0.25, -0.2) is 4.79 Å². The number of hydrogen-bond acceptors (Lipinski definition) is 2. The summed E-state index contributed by atoms with van der Waals surface area (Å²) in [5.41, 5.74) is 2.44. The highest BCUT2D eigenvalue weighted by Crippen LogP contribution is 2.18. The van der Waals surface area contributed by atoms with Gasteiger partial charge in [-0.05, 0) is 36.8 Å². The Kier molecular flexibility index (Phi) is 6.27. The first-order valence-electron chi connectivity index (χ1n) is 7.88. The van der Waals surface area contributed by atoms with Gasteiger partial charge in [-0.2, -0.15) is 0 Å². The second kappa shape index (κ2) is 8.44. The molecule has 0 fully saturated rings. The predicted molar refractivity (Wildman–Crippen MR) is 88.9 cm³/mol. The molecule has 2 rings (SSSR count). The third-order valence-electron chi connectivity index (χ3n) is 3.82. The molecule has 1 unspecified atom stereocenters. The van der Waals surface area contributed by atoms with Crippen LogP contribution in [-0.2, 0) is 6.42 Å². The van der Waals surface area contributed by atoms with Crippen LogP contribution in [-0.4, -0.2) is 35.8 Å². The maximum absolute atomic E-state index is 11.6. The zero-order chi connectivity index (χ0) is 15.8. The zero-order valence-corrected chi connectivity index (χ0v) is 13.1. The molecule has 0 saturated heterocycles. The van der Waals surface area contributed by atoms with Crippen molar-refractivity contribution in [2.24, 2.45) is 5.92 Å². The van der Waals surface area contributed by atoms with Crippen LogP contribution >= 0.6 is 0 Å². The number of aliphatic hydroxyl groups is 1. The number of aromatic nitrogens is 1. The van der Waals surface area contributed by atoms with E-state index in [4.69, 9.17) is 5.11 Å². The topological polar surface area (TPSA) is 77.2 Å². The number of nitrogens with one attached hydrogen (secondary N) is 3. The summed E-state index contributed by atoms with van der Waals surface area (Å²) in [7, 11) is 0. The summed E-state index contributed by atoms with van der Waals surface area (Å²) in [5, 5.41) is 15.8. The summed E-state index contributed by atoms with van der Waals surface area (Å²) in [6, 6.07) is 8.11. The molecule has 0 aliphatic heterocycles. The van der Waals surface area contributed by atoms with Gasteiger partial charge in [0.15, 0.2) is 0 Å². The highest BCUT2D eigenvalue weighted by molar-refractivity contribution is 5.83. The molecule has 2 amide bonds. The normalized spacial score (nSPS) is 12.3. The van der Waals surface area contributed by atoms with Crippen molar-refractivity contribution >= 4 is 16.9 Å². The van der Waals surface area contributed by atoms with Gasteiger partial charge in [0.2, 0.25) is 0 Å². The molecule has 120 valence electrons. The quantitative estimate of drug-likeness (QED) is 0.565. The Bertz CT molecular complexity index is 594. The van der Waals surface area contributed by atoms with E-state index in [-0.39, 0.29) is 12.6 Å². The number of H-pyrrole nitrogens is 1. The maximum atomic E-state index is 11.6. The molecule has 5 heteroatoms. The first-order chi connectivity index (χ1) is 10.7. The van der Waals surface area contributed by atoms with Gasteiger partial charge in [0, 0.05) is 36.8 Å². The van der Waals surface area contributed by atoms with Crippen molar-refractivity contribution in [2.45, 2.75) is 26.2 Å². The van der Waals surface area contributed by atoms with Gasteiger partial charge in [-0.3, -0.25) is 0 Å². The third kappa shape index (κ3) is 4.77. The number of aromatic amines is 1. The molecule has 0 spiro atoms. The number of benzene rings is 1. The monoisotopic (exact) mass is 303 g/mol. The maximum Gasteiger partial charge on any atom is 0.314 e. The van der Waals surface area contributed by atoms with Crippen LogP contribution in [0.2, 0.25) is 0 Å². The van der Waals surface area contributed by atoms with Crippen molar-refractivity contribution in [1.82, 2.24) is 15.6 Å². The van der Waals surface area contributed by atoms with Crippen LogP contribution in [0.1, 0.15) is 25.3 Å².